The normalized spacial score (nSPS) is 18.6. The van der Waals surface area contributed by atoms with Crippen molar-refractivity contribution in [1.82, 2.24) is 9.62 Å². The quantitative estimate of drug-likeness (QED) is 0.455. The summed E-state index contributed by atoms with van der Waals surface area (Å²) in [7, 11) is -3.93. The third-order valence-corrected chi connectivity index (χ3v) is 7.16. The van der Waals surface area contributed by atoms with Crippen LogP contribution in [0.25, 0.3) is 0 Å². The molecule has 0 atom stereocenters. The first-order chi connectivity index (χ1) is 14.4. The summed E-state index contributed by atoms with van der Waals surface area (Å²) in [6.07, 6.45) is 8.55. The van der Waals surface area contributed by atoms with Crippen LogP contribution in [0, 0.1) is 17.6 Å². The highest BCUT2D eigenvalue weighted by Crippen LogP contribution is 2.27. The van der Waals surface area contributed by atoms with Crippen LogP contribution >= 0.6 is 0 Å². The average Bonchev–Trinajstić information content (AvgIpc) is 3.54. The molecule has 30 heavy (non-hydrogen) atoms. The lowest BCUT2D eigenvalue weighted by molar-refractivity contribution is 0.0193. The molecule has 0 radical (unpaired) electrons. The molecule has 1 aromatic rings. The molecule has 170 valence electrons. The highest BCUT2D eigenvalue weighted by Gasteiger charge is 2.29. The largest absolute Gasteiger partial charge is 0.378 e. The summed E-state index contributed by atoms with van der Waals surface area (Å²) >= 11 is 0. The molecule has 1 aromatic carbocycles. The van der Waals surface area contributed by atoms with E-state index in [-0.39, 0.29) is 11.8 Å². The van der Waals surface area contributed by atoms with Gasteiger partial charge in [0.1, 0.15) is 11.6 Å². The molecule has 1 aliphatic carbocycles. The molecular formula is C21H33F2N3O3S. The summed E-state index contributed by atoms with van der Waals surface area (Å²) in [6.45, 7) is 3.55. The number of piperidine rings is 1. The maximum absolute atomic E-state index is 13.7. The van der Waals surface area contributed by atoms with Crippen LogP contribution in [0.15, 0.2) is 18.2 Å². The third-order valence-electron chi connectivity index (χ3n) is 5.64. The monoisotopic (exact) mass is 445 g/mol. The van der Waals surface area contributed by atoms with E-state index in [4.69, 9.17) is 4.74 Å². The van der Waals surface area contributed by atoms with E-state index in [1.165, 1.54) is 36.5 Å². The molecule has 1 aliphatic heterocycles. The summed E-state index contributed by atoms with van der Waals surface area (Å²) in [6, 6.07) is 2.69. The van der Waals surface area contributed by atoms with Crippen molar-refractivity contribution in [3.8, 4) is 0 Å². The molecule has 0 amide bonds. The number of anilines is 1. The van der Waals surface area contributed by atoms with Crippen molar-refractivity contribution in [2.75, 3.05) is 37.5 Å². The molecule has 2 N–H and O–H groups in total. The smallest absolute Gasteiger partial charge is 0.301 e. The molecule has 3 rings (SSSR count). The number of benzene rings is 1. The van der Waals surface area contributed by atoms with Gasteiger partial charge in [0.25, 0.3) is 0 Å². The first-order valence-electron chi connectivity index (χ1n) is 11.0. The van der Waals surface area contributed by atoms with Gasteiger partial charge < -0.3 is 10.1 Å². The van der Waals surface area contributed by atoms with Crippen molar-refractivity contribution >= 4 is 15.9 Å². The number of ether oxygens (including phenoxy) is 1. The van der Waals surface area contributed by atoms with E-state index in [9.17, 15) is 17.2 Å². The van der Waals surface area contributed by atoms with Crippen molar-refractivity contribution in [1.29, 1.82) is 0 Å². The Kier molecular flexibility index (Phi) is 8.85. The Labute approximate surface area is 178 Å². The first kappa shape index (κ1) is 23.4. The molecule has 1 heterocycles. The number of halogens is 2. The van der Waals surface area contributed by atoms with Gasteiger partial charge in [0, 0.05) is 25.8 Å². The van der Waals surface area contributed by atoms with E-state index >= 15 is 0 Å². The minimum absolute atomic E-state index is 0.0440. The second-order valence-electron chi connectivity index (χ2n) is 8.26. The average molecular weight is 446 g/mol. The zero-order valence-electron chi connectivity index (χ0n) is 17.4. The predicted molar refractivity (Wildman–Crippen MR) is 114 cm³/mol. The fraction of sp³-hybridized carbons (Fsp3) is 0.714. The Bertz CT molecular complexity index is 767. The predicted octanol–water partition coefficient (Wildman–Crippen LogP) is 3.66. The number of hydrogen-bond acceptors (Lipinski definition) is 4. The van der Waals surface area contributed by atoms with E-state index < -0.39 is 21.8 Å². The number of nitrogens with zero attached hydrogens (tertiary/aromatic N) is 1. The van der Waals surface area contributed by atoms with Gasteiger partial charge in [-0.05, 0) is 69.7 Å². The zero-order valence-corrected chi connectivity index (χ0v) is 18.2. The molecule has 6 nitrogen and oxygen atoms in total. The van der Waals surface area contributed by atoms with Crippen LogP contribution in [-0.4, -0.2) is 51.6 Å². The van der Waals surface area contributed by atoms with Crippen LogP contribution in [0.4, 0.5) is 14.5 Å². The summed E-state index contributed by atoms with van der Waals surface area (Å²) < 4.78 is 61.2. The lowest BCUT2D eigenvalue weighted by Crippen LogP contribution is -2.43. The second kappa shape index (κ2) is 11.4. The van der Waals surface area contributed by atoms with Gasteiger partial charge in [0.05, 0.1) is 11.8 Å². The van der Waals surface area contributed by atoms with Crippen molar-refractivity contribution in [3.63, 3.8) is 0 Å². The molecule has 2 fully saturated rings. The molecule has 0 bridgehead atoms. The number of unbranched alkanes of at least 4 members (excludes halogenated alkanes) is 3. The highest BCUT2D eigenvalue weighted by atomic mass is 32.2. The van der Waals surface area contributed by atoms with Crippen LogP contribution in [0.3, 0.4) is 0 Å². The summed E-state index contributed by atoms with van der Waals surface area (Å²) in [5.41, 5.74) is -0.379. The van der Waals surface area contributed by atoms with E-state index in [1.54, 1.807) is 0 Å². The molecule has 1 saturated carbocycles. The number of rotatable bonds is 13. The molecule has 0 unspecified atom stereocenters. The number of nitrogens with one attached hydrogen (secondary N) is 2. The van der Waals surface area contributed by atoms with Crippen LogP contribution in [0.5, 0.6) is 0 Å². The molecule has 9 heteroatoms. The van der Waals surface area contributed by atoms with E-state index in [1.807, 2.05) is 0 Å². The fourth-order valence-electron chi connectivity index (χ4n) is 3.60. The molecular weight excluding hydrogens is 412 g/mol. The van der Waals surface area contributed by atoms with Crippen LogP contribution in [0.2, 0.25) is 0 Å². The first-order valence-corrected chi connectivity index (χ1v) is 12.4. The summed E-state index contributed by atoms with van der Waals surface area (Å²) in [5.74, 6) is -0.578. The van der Waals surface area contributed by atoms with Gasteiger partial charge in [-0.2, -0.15) is 12.7 Å². The van der Waals surface area contributed by atoms with Crippen LogP contribution in [-0.2, 0) is 14.9 Å². The topological polar surface area (TPSA) is 70.7 Å². The van der Waals surface area contributed by atoms with Crippen LogP contribution < -0.4 is 10.0 Å². The highest BCUT2D eigenvalue weighted by molar-refractivity contribution is 7.90. The third kappa shape index (κ3) is 7.76. The van der Waals surface area contributed by atoms with Crippen LogP contribution in [0.1, 0.15) is 51.4 Å². The van der Waals surface area contributed by atoms with E-state index in [0.717, 1.165) is 43.5 Å². The van der Waals surface area contributed by atoms with Crippen molar-refractivity contribution in [2.45, 2.75) is 57.5 Å². The minimum Gasteiger partial charge on any atom is -0.378 e. The molecule has 1 saturated heterocycles. The van der Waals surface area contributed by atoms with Gasteiger partial charge >= 0.3 is 10.2 Å². The maximum atomic E-state index is 13.7. The Morgan fingerprint density at radius 2 is 1.77 bits per heavy atom. The fourth-order valence-corrected chi connectivity index (χ4v) is 4.86. The molecule has 0 spiro atoms. The van der Waals surface area contributed by atoms with Crippen molar-refractivity contribution < 1.29 is 21.9 Å². The van der Waals surface area contributed by atoms with Gasteiger partial charge in [-0.15, -0.1) is 0 Å². The lowest BCUT2D eigenvalue weighted by atomic mass is 10.1. The Balaban J connectivity index is 1.27. The maximum Gasteiger partial charge on any atom is 0.301 e. The van der Waals surface area contributed by atoms with Gasteiger partial charge in [-0.3, -0.25) is 4.72 Å². The Morgan fingerprint density at radius 1 is 1.03 bits per heavy atom. The van der Waals surface area contributed by atoms with Crippen molar-refractivity contribution in [2.24, 2.45) is 5.92 Å². The van der Waals surface area contributed by atoms with E-state index in [0.29, 0.717) is 32.5 Å². The lowest BCUT2D eigenvalue weighted by Gasteiger charge is -2.31. The Hall–Kier alpha value is -1.29. The van der Waals surface area contributed by atoms with E-state index in [2.05, 4.69) is 10.0 Å². The minimum atomic E-state index is -3.93. The summed E-state index contributed by atoms with van der Waals surface area (Å²) in [5, 5.41) is 3.50. The van der Waals surface area contributed by atoms with Gasteiger partial charge in [-0.25, -0.2) is 8.78 Å². The zero-order chi connectivity index (χ0) is 21.4. The second-order valence-corrected chi connectivity index (χ2v) is 9.93. The van der Waals surface area contributed by atoms with Crippen molar-refractivity contribution in [3.05, 3.63) is 29.8 Å². The van der Waals surface area contributed by atoms with Gasteiger partial charge in [0.15, 0.2) is 0 Å². The SMILES string of the molecule is O=S(=O)(Nc1cc(F)ccc1F)N1CCC(OCCCCCCNCC2CC2)CC1. The van der Waals surface area contributed by atoms with Gasteiger partial charge in [0.2, 0.25) is 0 Å². The molecule has 0 aromatic heterocycles. The Morgan fingerprint density at radius 3 is 2.50 bits per heavy atom. The summed E-state index contributed by atoms with van der Waals surface area (Å²) in [4.78, 5) is 0. The van der Waals surface area contributed by atoms with Gasteiger partial charge in [-0.1, -0.05) is 12.8 Å². The molecule has 2 aliphatic rings. The number of hydrogen-bond donors (Lipinski definition) is 2. The standard InChI is InChI=1S/C21H33F2N3O3S/c22-18-7-8-20(23)21(15-18)25-30(27,28)26-12-9-19(10-13-26)29-14-4-2-1-3-11-24-16-17-5-6-17/h7-8,15,17,19,24-25H,1-6,9-14,16H2.